The summed E-state index contributed by atoms with van der Waals surface area (Å²) in [6.45, 7) is 0. The fourth-order valence-electron chi connectivity index (χ4n) is 2.76. The van der Waals surface area contributed by atoms with Crippen molar-refractivity contribution in [2.45, 2.75) is 18.9 Å². The summed E-state index contributed by atoms with van der Waals surface area (Å²) in [6, 6.07) is 13.5. The Balaban J connectivity index is 1.77. The number of rotatable bonds is 4. The van der Waals surface area contributed by atoms with E-state index in [1.54, 1.807) is 55.6 Å². The largest absolute Gasteiger partial charge is 0.497 e. The number of ether oxygens (including phenoxy) is 1. The summed E-state index contributed by atoms with van der Waals surface area (Å²) in [4.78, 5) is 26.3. The van der Waals surface area contributed by atoms with Crippen LogP contribution in [0.1, 0.15) is 12.8 Å². The van der Waals surface area contributed by atoms with Gasteiger partial charge in [0.15, 0.2) is 0 Å². The van der Waals surface area contributed by atoms with Crippen LogP contribution < -0.4 is 15.0 Å². The highest BCUT2D eigenvalue weighted by atomic mass is 35.5. The van der Waals surface area contributed by atoms with Gasteiger partial charge in [-0.05, 0) is 55.0 Å². The van der Waals surface area contributed by atoms with Gasteiger partial charge in [-0.3, -0.25) is 14.5 Å². The molecule has 2 amide bonds. The Morgan fingerprint density at radius 2 is 1.83 bits per heavy atom. The molecule has 3 rings (SSSR count). The van der Waals surface area contributed by atoms with E-state index in [0.29, 0.717) is 35.0 Å². The molecule has 1 aliphatic rings. The van der Waals surface area contributed by atoms with Gasteiger partial charge in [-0.2, -0.15) is 0 Å². The molecule has 1 saturated heterocycles. The van der Waals surface area contributed by atoms with Crippen molar-refractivity contribution in [3.63, 3.8) is 0 Å². The van der Waals surface area contributed by atoms with Gasteiger partial charge in [0, 0.05) is 22.8 Å². The lowest BCUT2D eigenvalue weighted by Gasteiger charge is -2.24. The van der Waals surface area contributed by atoms with Crippen LogP contribution in [0, 0.1) is 0 Å². The minimum atomic E-state index is -0.527. The molecule has 0 radical (unpaired) electrons. The summed E-state index contributed by atoms with van der Waals surface area (Å²) in [6.07, 6.45) is 0.840. The third-order valence-electron chi connectivity index (χ3n) is 3.98. The first kappa shape index (κ1) is 16.3. The molecule has 2 aromatic rings. The zero-order chi connectivity index (χ0) is 17.1. The van der Waals surface area contributed by atoms with Crippen LogP contribution in [-0.4, -0.2) is 25.0 Å². The highest BCUT2D eigenvalue weighted by Crippen LogP contribution is 2.28. The van der Waals surface area contributed by atoms with Gasteiger partial charge in [0.2, 0.25) is 11.8 Å². The SMILES string of the molecule is COc1ccc(NC(=O)C2CCC(=O)N2c2ccc(Cl)cc2)cc1. The van der Waals surface area contributed by atoms with Crippen LogP contribution in [0.15, 0.2) is 48.5 Å². The van der Waals surface area contributed by atoms with Gasteiger partial charge in [0.05, 0.1) is 7.11 Å². The van der Waals surface area contributed by atoms with Crippen molar-refractivity contribution >= 4 is 34.8 Å². The predicted molar refractivity (Wildman–Crippen MR) is 93.6 cm³/mol. The minimum absolute atomic E-state index is 0.0628. The number of halogens is 1. The molecule has 1 atom stereocenters. The maximum absolute atomic E-state index is 12.6. The van der Waals surface area contributed by atoms with Crippen molar-refractivity contribution in [2.24, 2.45) is 0 Å². The molecule has 24 heavy (non-hydrogen) atoms. The van der Waals surface area contributed by atoms with Gasteiger partial charge >= 0.3 is 0 Å². The zero-order valence-corrected chi connectivity index (χ0v) is 13.9. The average molecular weight is 345 g/mol. The van der Waals surface area contributed by atoms with Crippen molar-refractivity contribution in [3.8, 4) is 5.75 Å². The van der Waals surface area contributed by atoms with Gasteiger partial charge in [-0.1, -0.05) is 11.6 Å². The first-order chi connectivity index (χ1) is 11.6. The van der Waals surface area contributed by atoms with E-state index in [0.717, 1.165) is 0 Å². The van der Waals surface area contributed by atoms with E-state index in [9.17, 15) is 9.59 Å². The molecular weight excluding hydrogens is 328 g/mol. The van der Waals surface area contributed by atoms with Crippen LogP contribution in [0.2, 0.25) is 5.02 Å². The van der Waals surface area contributed by atoms with Gasteiger partial charge in [-0.15, -0.1) is 0 Å². The van der Waals surface area contributed by atoms with Crippen LogP contribution in [0.4, 0.5) is 11.4 Å². The first-order valence-corrected chi connectivity index (χ1v) is 7.99. The average Bonchev–Trinajstić information content (AvgIpc) is 2.98. The summed E-state index contributed by atoms with van der Waals surface area (Å²) >= 11 is 5.89. The predicted octanol–water partition coefficient (Wildman–Crippen LogP) is 3.48. The maximum atomic E-state index is 12.6. The third-order valence-corrected chi connectivity index (χ3v) is 4.23. The van der Waals surface area contributed by atoms with Gasteiger partial charge in [0.25, 0.3) is 0 Å². The molecule has 1 aliphatic heterocycles. The lowest BCUT2D eigenvalue weighted by molar-refractivity contribution is -0.120. The molecule has 2 aromatic carbocycles. The molecule has 1 N–H and O–H groups in total. The molecule has 0 bridgehead atoms. The number of methoxy groups -OCH3 is 1. The Morgan fingerprint density at radius 3 is 2.46 bits per heavy atom. The van der Waals surface area contributed by atoms with Gasteiger partial charge in [0.1, 0.15) is 11.8 Å². The molecule has 0 saturated carbocycles. The Bertz CT molecular complexity index is 744. The van der Waals surface area contributed by atoms with Crippen LogP contribution in [0.5, 0.6) is 5.75 Å². The van der Waals surface area contributed by atoms with Crippen molar-refractivity contribution in [1.29, 1.82) is 0 Å². The highest BCUT2D eigenvalue weighted by molar-refractivity contribution is 6.30. The van der Waals surface area contributed by atoms with E-state index in [1.807, 2.05) is 0 Å². The standard InChI is InChI=1S/C18H17ClN2O3/c1-24-15-8-4-13(5-9-15)20-18(23)16-10-11-17(22)21(16)14-6-2-12(19)3-7-14/h2-9,16H,10-11H2,1H3,(H,20,23). The molecule has 124 valence electrons. The fraction of sp³-hybridized carbons (Fsp3) is 0.222. The third kappa shape index (κ3) is 3.36. The Hall–Kier alpha value is -2.53. The summed E-state index contributed by atoms with van der Waals surface area (Å²) in [5, 5.41) is 3.44. The summed E-state index contributed by atoms with van der Waals surface area (Å²) in [5.41, 5.74) is 1.34. The number of nitrogens with one attached hydrogen (secondary N) is 1. The van der Waals surface area contributed by atoms with Crippen LogP contribution in [0.3, 0.4) is 0 Å². The second-order valence-corrected chi connectivity index (χ2v) is 5.95. The smallest absolute Gasteiger partial charge is 0.247 e. The van der Waals surface area contributed by atoms with E-state index in [2.05, 4.69) is 5.32 Å². The normalized spacial score (nSPS) is 17.0. The van der Waals surface area contributed by atoms with Gasteiger partial charge < -0.3 is 10.1 Å². The van der Waals surface area contributed by atoms with Crippen LogP contribution in [0.25, 0.3) is 0 Å². The number of hydrogen-bond acceptors (Lipinski definition) is 3. The monoisotopic (exact) mass is 344 g/mol. The van der Waals surface area contributed by atoms with Crippen molar-refractivity contribution < 1.29 is 14.3 Å². The maximum Gasteiger partial charge on any atom is 0.247 e. The van der Waals surface area contributed by atoms with Crippen molar-refractivity contribution in [1.82, 2.24) is 0 Å². The van der Waals surface area contributed by atoms with E-state index < -0.39 is 6.04 Å². The van der Waals surface area contributed by atoms with Crippen molar-refractivity contribution in [2.75, 3.05) is 17.3 Å². The van der Waals surface area contributed by atoms with Crippen LogP contribution in [-0.2, 0) is 9.59 Å². The first-order valence-electron chi connectivity index (χ1n) is 7.61. The molecular formula is C18H17ClN2O3. The number of hydrogen-bond donors (Lipinski definition) is 1. The van der Waals surface area contributed by atoms with E-state index in [-0.39, 0.29) is 11.8 Å². The topological polar surface area (TPSA) is 58.6 Å². The number of amides is 2. The quantitative estimate of drug-likeness (QED) is 0.923. The second-order valence-electron chi connectivity index (χ2n) is 5.51. The highest BCUT2D eigenvalue weighted by Gasteiger charge is 2.37. The van der Waals surface area contributed by atoms with E-state index >= 15 is 0 Å². The van der Waals surface area contributed by atoms with Crippen LogP contribution >= 0.6 is 11.6 Å². The number of carbonyl (C=O) groups is 2. The van der Waals surface area contributed by atoms with Gasteiger partial charge in [-0.25, -0.2) is 0 Å². The Labute approximate surface area is 145 Å². The zero-order valence-electron chi connectivity index (χ0n) is 13.2. The molecule has 0 aromatic heterocycles. The van der Waals surface area contributed by atoms with Crippen molar-refractivity contribution in [3.05, 3.63) is 53.6 Å². The Morgan fingerprint density at radius 1 is 1.17 bits per heavy atom. The summed E-state index contributed by atoms with van der Waals surface area (Å²) in [7, 11) is 1.59. The fourth-order valence-corrected chi connectivity index (χ4v) is 2.88. The van der Waals surface area contributed by atoms with E-state index in [4.69, 9.17) is 16.3 Å². The second kappa shape index (κ2) is 6.93. The lowest BCUT2D eigenvalue weighted by Crippen LogP contribution is -2.41. The molecule has 6 heteroatoms. The summed E-state index contributed by atoms with van der Waals surface area (Å²) < 4.78 is 5.10. The lowest BCUT2D eigenvalue weighted by atomic mass is 10.2. The molecule has 1 fully saturated rings. The number of carbonyl (C=O) groups excluding carboxylic acids is 2. The summed E-state index contributed by atoms with van der Waals surface area (Å²) in [5.74, 6) is 0.444. The number of anilines is 2. The molecule has 0 spiro atoms. The number of nitrogens with zero attached hydrogens (tertiary/aromatic N) is 1. The molecule has 5 nitrogen and oxygen atoms in total. The molecule has 1 heterocycles. The number of benzene rings is 2. The molecule has 0 aliphatic carbocycles. The minimum Gasteiger partial charge on any atom is -0.497 e. The molecule has 1 unspecified atom stereocenters. The van der Waals surface area contributed by atoms with E-state index in [1.165, 1.54) is 4.90 Å². The Kier molecular flexibility index (Phi) is 4.71.